The summed E-state index contributed by atoms with van der Waals surface area (Å²) in [5.41, 5.74) is 2.13. The van der Waals surface area contributed by atoms with Gasteiger partial charge in [-0.2, -0.15) is 4.98 Å². The van der Waals surface area contributed by atoms with Gasteiger partial charge < -0.3 is 9.84 Å². The average Bonchev–Trinajstić information content (AvgIpc) is 2.92. The Labute approximate surface area is 120 Å². The first-order valence-electron chi connectivity index (χ1n) is 6.57. The maximum atomic E-state index is 5.41. The van der Waals surface area contributed by atoms with Crippen molar-refractivity contribution in [3.05, 3.63) is 34.1 Å². The Morgan fingerprint density at radius 3 is 3.05 bits per heavy atom. The molecule has 0 saturated carbocycles. The summed E-state index contributed by atoms with van der Waals surface area (Å²) in [4.78, 5) is 4.54. The first-order valence-corrected chi connectivity index (χ1v) is 7.37. The van der Waals surface area contributed by atoms with Crippen LogP contribution in [0.2, 0.25) is 0 Å². The summed E-state index contributed by atoms with van der Waals surface area (Å²) < 4.78 is 6.39. The molecule has 2 aromatic rings. The van der Waals surface area contributed by atoms with Gasteiger partial charge in [-0.1, -0.05) is 23.2 Å². The van der Waals surface area contributed by atoms with Crippen molar-refractivity contribution in [2.24, 2.45) is 0 Å². The zero-order valence-corrected chi connectivity index (χ0v) is 12.4. The first kappa shape index (κ1) is 12.8. The van der Waals surface area contributed by atoms with E-state index in [9.17, 15) is 0 Å². The minimum absolute atomic E-state index is 0.231. The highest BCUT2D eigenvalue weighted by Gasteiger charge is 2.21. The maximum absolute atomic E-state index is 5.41. The van der Waals surface area contributed by atoms with E-state index < -0.39 is 0 Å². The van der Waals surface area contributed by atoms with Gasteiger partial charge in [0.15, 0.2) is 5.82 Å². The number of hydrogen-bond acceptors (Lipinski definition) is 4. The van der Waals surface area contributed by atoms with E-state index in [4.69, 9.17) is 4.52 Å². The highest BCUT2D eigenvalue weighted by Crippen LogP contribution is 2.29. The highest BCUT2D eigenvalue weighted by atomic mass is 79.9. The third-order valence-electron chi connectivity index (χ3n) is 3.42. The van der Waals surface area contributed by atoms with Crippen molar-refractivity contribution in [1.29, 1.82) is 0 Å². The molecule has 5 heteroatoms. The van der Waals surface area contributed by atoms with E-state index in [1.165, 1.54) is 18.4 Å². The molecule has 3 rings (SSSR count). The average molecular weight is 322 g/mol. The molecule has 0 radical (unpaired) electrons. The van der Waals surface area contributed by atoms with Crippen LogP contribution in [0.15, 0.2) is 27.2 Å². The van der Waals surface area contributed by atoms with Crippen LogP contribution in [0.1, 0.15) is 36.7 Å². The van der Waals surface area contributed by atoms with E-state index in [0.717, 1.165) is 28.8 Å². The van der Waals surface area contributed by atoms with Gasteiger partial charge in [-0.25, -0.2) is 0 Å². The topological polar surface area (TPSA) is 51.0 Å². The summed E-state index contributed by atoms with van der Waals surface area (Å²) in [7, 11) is 0. The summed E-state index contributed by atoms with van der Waals surface area (Å²) in [5.74, 6) is 1.35. The van der Waals surface area contributed by atoms with Gasteiger partial charge in [0.25, 0.3) is 5.89 Å². The molecule has 0 aliphatic carbocycles. The molecule has 1 aliphatic rings. The van der Waals surface area contributed by atoms with Gasteiger partial charge in [0.2, 0.25) is 0 Å². The molecule has 2 heterocycles. The van der Waals surface area contributed by atoms with Crippen LogP contribution < -0.4 is 5.32 Å². The Balaban J connectivity index is 1.89. The van der Waals surface area contributed by atoms with Crippen molar-refractivity contribution in [2.75, 3.05) is 6.54 Å². The lowest BCUT2D eigenvalue weighted by molar-refractivity contribution is 0.367. The van der Waals surface area contributed by atoms with Crippen LogP contribution >= 0.6 is 15.9 Å². The first-order chi connectivity index (χ1) is 9.24. The largest absolute Gasteiger partial charge is 0.334 e. The molecule has 1 aromatic carbocycles. The molecular formula is C14H16BrN3O. The van der Waals surface area contributed by atoms with Gasteiger partial charge in [-0.3, -0.25) is 0 Å². The van der Waals surface area contributed by atoms with E-state index in [1.54, 1.807) is 0 Å². The van der Waals surface area contributed by atoms with Crippen molar-refractivity contribution in [1.82, 2.24) is 15.5 Å². The molecule has 4 nitrogen and oxygen atoms in total. The Morgan fingerprint density at radius 2 is 2.26 bits per heavy atom. The minimum atomic E-state index is 0.231. The molecule has 1 N–H and O–H groups in total. The second-order valence-electron chi connectivity index (χ2n) is 4.94. The van der Waals surface area contributed by atoms with Crippen molar-refractivity contribution in [2.45, 2.75) is 32.2 Å². The molecule has 100 valence electrons. The Kier molecular flexibility index (Phi) is 3.66. The van der Waals surface area contributed by atoms with Gasteiger partial charge in [-0.05, 0) is 54.4 Å². The lowest BCUT2D eigenvalue weighted by Crippen LogP contribution is -2.27. The van der Waals surface area contributed by atoms with Gasteiger partial charge in [-0.15, -0.1) is 0 Å². The lowest BCUT2D eigenvalue weighted by Gasteiger charge is -2.19. The van der Waals surface area contributed by atoms with E-state index >= 15 is 0 Å². The summed E-state index contributed by atoms with van der Waals surface area (Å²) in [6, 6.07) is 6.34. The van der Waals surface area contributed by atoms with Crippen LogP contribution in [-0.2, 0) is 0 Å². The van der Waals surface area contributed by atoms with Crippen LogP contribution in [0.3, 0.4) is 0 Å². The van der Waals surface area contributed by atoms with Gasteiger partial charge in [0.05, 0.1) is 11.6 Å². The SMILES string of the molecule is Cc1ccc(Br)c(-c2nc(C3CCCCN3)no2)c1. The maximum Gasteiger partial charge on any atom is 0.259 e. The fourth-order valence-corrected chi connectivity index (χ4v) is 2.78. The summed E-state index contributed by atoms with van der Waals surface area (Å²) >= 11 is 3.53. The third-order valence-corrected chi connectivity index (χ3v) is 4.11. The number of hydrogen-bond donors (Lipinski definition) is 1. The van der Waals surface area contributed by atoms with Gasteiger partial charge in [0, 0.05) is 4.47 Å². The summed E-state index contributed by atoms with van der Waals surface area (Å²) in [6.07, 6.45) is 3.52. The number of benzene rings is 1. The predicted molar refractivity (Wildman–Crippen MR) is 76.8 cm³/mol. The number of halogens is 1. The fourth-order valence-electron chi connectivity index (χ4n) is 2.36. The molecule has 1 saturated heterocycles. The number of aromatic nitrogens is 2. The molecule has 0 amide bonds. The number of nitrogens with one attached hydrogen (secondary N) is 1. The van der Waals surface area contributed by atoms with Crippen LogP contribution in [0.5, 0.6) is 0 Å². The van der Waals surface area contributed by atoms with Crippen molar-refractivity contribution in [3.63, 3.8) is 0 Å². The quantitative estimate of drug-likeness (QED) is 0.917. The third kappa shape index (κ3) is 2.72. The minimum Gasteiger partial charge on any atom is -0.334 e. The monoisotopic (exact) mass is 321 g/mol. The smallest absolute Gasteiger partial charge is 0.259 e. The Hall–Kier alpha value is -1.20. The standard InChI is InChI=1S/C14H16BrN3O/c1-9-5-6-11(15)10(8-9)14-17-13(18-19-14)12-4-2-3-7-16-12/h5-6,8,12,16H,2-4,7H2,1H3. The zero-order chi connectivity index (χ0) is 13.2. The summed E-state index contributed by atoms with van der Waals surface area (Å²) in [5, 5.41) is 7.55. The predicted octanol–water partition coefficient (Wildman–Crippen LogP) is 3.62. The van der Waals surface area contributed by atoms with E-state index in [0.29, 0.717) is 5.89 Å². The van der Waals surface area contributed by atoms with E-state index in [2.05, 4.69) is 44.4 Å². The molecule has 0 spiro atoms. The molecule has 1 aromatic heterocycles. The summed E-state index contributed by atoms with van der Waals surface area (Å²) in [6.45, 7) is 3.08. The fraction of sp³-hybridized carbons (Fsp3) is 0.429. The number of piperidine rings is 1. The Morgan fingerprint density at radius 1 is 1.37 bits per heavy atom. The van der Waals surface area contributed by atoms with Crippen LogP contribution in [0, 0.1) is 6.92 Å². The van der Waals surface area contributed by atoms with Crippen molar-refractivity contribution < 1.29 is 4.52 Å². The number of rotatable bonds is 2. The van der Waals surface area contributed by atoms with E-state index in [1.807, 2.05) is 12.1 Å². The van der Waals surface area contributed by atoms with Crippen LogP contribution in [-0.4, -0.2) is 16.7 Å². The van der Waals surface area contributed by atoms with Gasteiger partial charge in [0.1, 0.15) is 0 Å². The normalized spacial score (nSPS) is 19.6. The molecule has 1 unspecified atom stereocenters. The molecule has 1 aliphatic heterocycles. The Bertz CT molecular complexity index is 576. The molecule has 1 fully saturated rings. The van der Waals surface area contributed by atoms with Crippen LogP contribution in [0.4, 0.5) is 0 Å². The molecule has 1 atom stereocenters. The second kappa shape index (κ2) is 5.43. The molecule has 19 heavy (non-hydrogen) atoms. The zero-order valence-electron chi connectivity index (χ0n) is 10.8. The molecule has 0 bridgehead atoms. The molecular weight excluding hydrogens is 306 g/mol. The van der Waals surface area contributed by atoms with Crippen LogP contribution in [0.25, 0.3) is 11.5 Å². The lowest BCUT2D eigenvalue weighted by atomic mass is 10.0. The van der Waals surface area contributed by atoms with E-state index in [-0.39, 0.29) is 6.04 Å². The van der Waals surface area contributed by atoms with Gasteiger partial charge >= 0.3 is 0 Å². The van der Waals surface area contributed by atoms with Crippen molar-refractivity contribution in [3.8, 4) is 11.5 Å². The number of aryl methyl sites for hydroxylation is 1. The number of nitrogens with zero attached hydrogens (tertiary/aromatic N) is 2. The highest BCUT2D eigenvalue weighted by molar-refractivity contribution is 9.10. The second-order valence-corrected chi connectivity index (χ2v) is 5.80. The van der Waals surface area contributed by atoms with Crippen molar-refractivity contribution >= 4 is 15.9 Å².